The number of halogens is 1. The number of carbonyl (C=O) groups is 1. The molecule has 3 nitrogen and oxygen atoms in total. The van der Waals surface area contributed by atoms with Crippen LogP contribution in [0.5, 0.6) is 0 Å². The zero-order chi connectivity index (χ0) is 13.9. The summed E-state index contributed by atoms with van der Waals surface area (Å²) in [7, 11) is 0. The highest BCUT2D eigenvalue weighted by molar-refractivity contribution is 6.24. The highest BCUT2D eigenvalue weighted by Crippen LogP contribution is 2.63. The molecule has 1 amide bonds. The second-order valence-corrected chi connectivity index (χ2v) is 8.69. The Hall–Kier alpha value is -0.280. The first-order valence-electron chi connectivity index (χ1n) is 7.38. The summed E-state index contributed by atoms with van der Waals surface area (Å²) in [6, 6.07) is 0. The smallest absolute Gasteiger partial charge is 0.226 e. The predicted octanol–water partition coefficient (Wildman–Crippen LogP) is 2.45. The minimum Gasteiger partial charge on any atom is -0.394 e. The molecule has 0 saturated heterocycles. The summed E-state index contributed by atoms with van der Waals surface area (Å²) >= 11 is 6.74. The molecule has 4 fully saturated rings. The molecule has 4 saturated carbocycles. The highest BCUT2D eigenvalue weighted by atomic mass is 35.5. The van der Waals surface area contributed by atoms with E-state index in [4.69, 9.17) is 11.6 Å². The SMILES string of the molecule is CC(C)(CO)NC(=O)C12CC3CC(CC(Cl)(C3)C1)C2. The van der Waals surface area contributed by atoms with E-state index in [-0.39, 0.29) is 22.8 Å². The van der Waals surface area contributed by atoms with E-state index in [1.165, 1.54) is 6.42 Å². The van der Waals surface area contributed by atoms with Crippen LogP contribution in [0.1, 0.15) is 52.4 Å². The van der Waals surface area contributed by atoms with Gasteiger partial charge in [0.15, 0.2) is 0 Å². The van der Waals surface area contributed by atoms with E-state index in [1.54, 1.807) is 0 Å². The molecular formula is C15H24ClNO2. The molecule has 0 spiro atoms. The molecule has 4 rings (SSSR count). The molecule has 2 atom stereocenters. The Labute approximate surface area is 120 Å². The van der Waals surface area contributed by atoms with Crippen molar-refractivity contribution in [3.8, 4) is 0 Å². The molecule has 0 aromatic rings. The van der Waals surface area contributed by atoms with Crippen LogP contribution in [0.25, 0.3) is 0 Å². The van der Waals surface area contributed by atoms with Crippen LogP contribution in [0.3, 0.4) is 0 Å². The molecule has 4 heteroatoms. The van der Waals surface area contributed by atoms with Crippen molar-refractivity contribution in [2.45, 2.75) is 62.8 Å². The second-order valence-electron chi connectivity index (χ2n) is 7.89. The van der Waals surface area contributed by atoms with Crippen LogP contribution in [0.15, 0.2) is 0 Å². The number of aliphatic hydroxyl groups is 1. The van der Waals surface area contributed by atoms with Crippen molar-refractivity contribution >= 4 is 17.5 Å². The topological polar surface area (TPSA) is 49.3 Å². The van der Waals surface area contributed by atoms with Gasteiger partial charge in [-0.25, -0.2) is 0 Å². The average molecular weight is 286 g/mol. The Morgan fingerprint density at radius 2 is 1.89 bits per heavy atom. The van der Waals surface area contributed by atoms with Crippen LogP contribution < -0.4 is 5.32 Å². The maximum atomic E-state index is 12.7. The normalized spacial score (nSPS) is 44.4. The highest BCUT2D eigenvalue weighted by Gasteiger charge is 2.60. The maximum Gasteiger partial charge on any atom is 0.226 e. The molecule has 4 aliphatic rings. The van der Waals surface area contributed by atoms with Gasteiger partial charge in [-0.3, -0.25) is 4.79 Å². The summed E-state index contributed by atoms with van der Waals surface area (Å²) < 4.78 is 0. The largest absolute Gasteiger partial charge is 0.394 e. The summed E-state index contributed by atoms with van der Waals surface area (Å²) in [5, 5.41) is 12.4. The molecule has 4 bridgehead atoms. The number of carbonyl (C=O) groups excluding carboxylic acids is 1. The van der Waals surface area contributed by atoms with Gasteiger partial charge >= 0.3 is 0 Å². The van der Waals surface area contributed by atoms with Crippen LogP contribution >= 0.6 is 11.6 Å². The van der Waals surface area contributed by atoms with Gasteiger partial charge < -0.3 is 10.4 Å². The summed E-state index contributed by atoms with van der Waals surface area (Å²) in [4.78, 5) is 12.6. The third-order valence-electron chi connectivity index (χ3n) is 5.32. The van der Waals surface area contributed by atoms with E-state index in [0.717, 1.165) is 32.1 Å². The average Bonchev–Trinajstić information content (AvgIpc) is 2.25. The molecule has 4 aliphatic carbocycles. The summed E-state index contributed by atoms with van der Waals surface area (Å²) in [5.74, 6) is 1.37. The van der Waals surface area contributed by atoms with Gasteiger partial charge in [-0.15, -0.1) is 11.6 Å². The van der Waals surface area contributed by atoms with Gasteiger partial charge in [-0.2, -0.15) is 0 Å². The standard InChI is InChI=1S/C15H24ClNO2/c1-13(2,9-18)17-12(19)14-4-10-3-11(5-14)7-15(16,6-10)8-14/h10-11,18H,3-9H2,1-2H3,(H,17,19). The van der Waals surface area contributed by atoms with Crippen LogP contribution in [0.4, 0.5) is 0 Å². The zero-order valence-corrected chi connectivity index (χ0v) is 12.6. The number of nitrogens with one attached hydrogen (secondary N) is 1. The van der Waals surface area contributed by atoms with E-state index in [0.29, 0.717) is 11.8 Å². The summed E-state index contributed by atoms with van der Waals surface area (Å²) in [5.41, 5.74) is -0.807. The Kier molecular flexibility index (Phi) is 2.96. The van der Waals surface area contributed by atoms with E-state index < -0.39 is 5.54 Å². The van der Waals surface area contributed by atoms with Crippen molar-refractivity contribution in [1.29, 1.82) is 0 Å². The molecule has 0 heterocycles. The lowest BCUT2D eigenvalue weighted by Gasteiger charge is -2.59. The molecule has 0 aromatic carbocycles. The molecule has 2 N–H and O–H groups in total. The lowest BCUT2D eigenvalue weighted by Crippen LogP contribution is -2.61. The van der Waals surface area contributed by atoms with Crippen LogP contribution in [-0.4, -0.2) is 28.0 Å². The van der Waals surface area contributed by atoms with Crippen molar-refractivity contribution in [3.05, 3.63) is 0 Å². The predicted molar refractivity (Wildman–Crippen MR) is 75.0 cm³/mol. The van der Waals surface area contributed by atoms with Crippen LogP contribution in [0.2, 0.25) is 0 Å². The van der Waals surface area contributed by atoms with Crippen molar-refractivity contribution in [2.75, 3.05) is 6.61 Å². The van der Waals surface area contributed by atoms with Crippen molar-refractivity contribution < 1.29 is 9.90 Å². The quantitative estimate of drug-likeness (QED) is 0.783. The van der Waals surface area contributed by atoms with Gasteiger partial charge in [0.1, 0.15) is 0 Å². The van der Waals surface area contributed by atoms with E-state index in [1.807, 2.05) is 13.8 Å². The van der Waals surface area contributed by atoms with Crippen molar-refractivity contribution in [1.82, 2.24) is 5.32 Å². The minimum atomic E-state index is -0.542. The third kappa shape index (κ3) is 2.29. The van der Waals surface area contributed by atoms with E-state index in [9.17, 15) is 9.90 Å². The zero-order valence-electron chi connectivity index (χ0n) is 11.8. The Bertz CT molecular complexity index is 393. The Morgan fingerprint density at radius 1 is 1.32 bits per heavy atom. The number of aliphatic hydroxyl groups excluding tert-OH is 1. The lowest BCUT2D eigenvalue weighted by atomic mass is 9.49. The molecule has 19 heavy (non-hydrogen) atoms. The molecule has 0 aliphatic heterocycles. The first-order valence-corrected chi connectivity index (χ1v) is 7.76. The first kappa shape index (κ1) is 13.7. The van der Waals surface area contributed by atoms with Gasteiger partial charge in [-0.05, 0) is 64.2 Å². The van der Waals surface area contributed by atoms with Gasteiger partial charge in [0, 0.05) is 4.87 Å². The van der Waals surface area contributed by atoms with Crippen LogP contribution in [-0.2, 0) is 4.79 Å². The molecular weight excluding hydrogens is 262 g/mol. The monoisotopic (exact) mass is 285 g/mol. The van der Waals surface area contributed by atoms with Crippen molar-refractivity contribution in [3.63, 3.8) is 0 Å². The van der Waals surface area contributed by atoms with Gasteiger partial charge in [0.05, 0.1) is 17.6 Å². The van der Waals surface area contributed by atoms with E-state index in [2.05, 4.69) is 5.32 Å². The van der Waals surface area contributed by atoms with Gasteiger partial charge in [-0.1, -0.05) is 0 Å². The van der Waals surface area contributed by atoms with Crippen molar-refractivity contribution in [2.24, 2.45) is 17.3 Å². The number of hydrogen-bond donors (Lipinski definition) is 2. The molecule has 0 radical (unpaired) electrons. The number of amides is 1. The first-order chi connectivity index (χ1) is 8.76. The number of hydrogen-bond acceptors (Lipinski definition) is 2. The fourth-order valence-electron chi connectivity index (χ4n) is 4.90. The molecule has 108 valence electrons. The fraction of sp³-hybridized carbons (Fsp3) is 0.933. The van der Waals surface area contributed by atoms with Crippen LogP contribution in [0, 0.1) is 17.3 Å². The number of rotatable bonds is 3. The Morgan fingerprint density at radius 3 is 2.37 bits per heavy atom. The summed E-state index contributed by atoms with van der Waals surface area (Å²) in [6.07, 6.45) is 6.23. The third-order valence-corrected chi connectivity index (χ3v) is 5.76. The number of alkyl halides is 1. The lowest BCUT2D eigenvalue weighted by molar-refractivity contribution is -0.146. The minimum absolute atomic E-state index is 0.0340. The molecule has 2 unspecified atom stereocenters. The second kappa shape index (κ2) is 4.11. The Balaban J connectivity index is 1.82. The van der Waals surface area contributed by atoms with E-state index >= 15 is 0 Å². The van der Waals surface area contributed by atoms with Gasteiger partial charge in [0.2, 0.25) is 5.91 Å². The van der Waals surface area contributed by atoms with Gasteiger partial charge in [0.25, 0.3) is 0 Å². The summed E-state index contributed by atoms with van der Waals surface area (Å²) in [6.45, 7) is 3.69. The maximum absolute atomic E-state index is 12.7. The molecule has 0 aromatic heterocycles. The fourth-order valence-corrected chi connectivity index (χ4v) is 5.59.